The molecule has 4 aliphatic heterocycles. The highest BCUT2D eigenvalue weighted by molar-refractivity contribution is 5.94. The molecule has 58 heavy (non-hydrogen) atoms. The van der Waals surface area contributed by atoms with Crippen LogP contribution in [-0.2, 0) is 52.3 Å². The molecule has 0 radical (unpaired) electrons. The van der Waals surface area contributed by atoms with E-state index in [1.54, 1.807) is 25.2 Å². The molecule has 0 bridgehead atoms. The predicted octanol–water partition coefficient (Wildman–Crippen LogP) is 1.02. The highest BCUT2D eigenvalue weighted by atomic mass is 16.8. The van der Waals surface area contributed by atoms with Gasteiger partial charge in [0.1, 0.15) is 42.2 Å². The van der Waals surface area contributed by atoms with Gasteiger partial charge in [-0.05, 0) is 36.3 Å². The Bertz CT molecular complexity index is 1830. The molecule has 4 fully saturated rings. The maximum Gasteiger partial charge on any atom is 0.331 e. The Balaban J connectivity index is 1.14. The minimum atomic E-state index is -1.72. The number of ether oxygens (including phenoxy) is 8. The first kappa shape index (κ1) is 41.8. The van der Waals surface area contributed by atoms with Crippen LogP contribution in [0.15, 0.2) is 85.2 Å². The minimum absolute atomic E-state index is 0.227. The summed E-state index contributed by atoms with van der Waals surface area (Å²) in [6.07, 6.45) is -6.56. The van der Waals surface area contributed by atoms with Gasteiger partial charge in [0.05, 0.1) is 37.6 Å². The van der Waals surface area contributed by atoms with Gasteiger partial charge in [0.2, 0.25) is 6.29 Å². The van der Waals surface area contributed by atoms with Crippen molar-refractivity contribution < 1.29 is 77.8 Å². The second kappa shape index (κ2) is 17.9. The summed E-state index contributed by atoms with van der Waals surface area (Å²) in [7, 11) is 0. The van der Waals surface area contributed by atoms with Gasteiger partial charge in [-0.3, -0.25) is 9.59 Å². The molecule has 16 heteroatoms. The van der Waals surface area contributed by atoms with E-state index in [1.807, 2.05) is 60.7 Å². The molecule has 312 valence electrons. The average Bonchev–Trinajstić information content (AvgIpc) is 3.90. The Hall–Kier alpha value is -4.33. The van der Waals surface area contributed by atoms with Crippen LogP contribution in [0.25, 0.3) is 12.2 Å². The normalized spacial score (nSPS) is 39.1. The van der Waals surface area contributed by atoms with Crippen LogP contribution in [-0.4, -0.2) is 136 Å². The Morgan fingerprint density at radius 1 is 0.776 bits per heavy atom. The summed E-state index contributed by atoms with van der Waals surface area (Å²) in [6, 6.07) is 18.3. The number of aliphatic hydroxyl groups excluding tert-OH is 5. The molecular formula is C42H48O16. The van der Waals surface area contributed by atoms with E-state index >= 15 is 0 Å². The summed E-state index contributed by atoms with van der Waals surface area (Å²) < 4.78 is 48.2. The summed E-state index contributed by atoms with van der Waals surface area (Å²) >= 11 is 0. The standard InChI is InChI=1S/C42H48O16/c1-22-35(55-30(47)16-14-25-11-7-4-8-12-25)28(19-26(46)15-13-24-9-5-3-6-10-24)37(53-23(2)45)41(52-22)56-36-27-17-18-51-39(31(27)42(21-44)38(36)58-42)57-40-34(50)33(49)32(48)29(20-43)54-40/h3-18,22,27-29,31-41,43-44,48-50H,19-21H2,1-2H3/b15-13+,16-14+/t22-,27?,28+,29+,31?,32+,33-,34+,35-,36-,37+,38-,39+,40-,41?,42+/m0/s1. The Morgan fingerprint density at radius 2 is 1.45 bits per heavy atom. The molecule has 2 aromatic carbocycles. The number of hydrogen-bond donors (Lipinski definition) is 5. The molecule has 3 saturated heterocycles. The summed E-state index contributed by atoms with van der Waals surface area (Å²) in [5.41, 5.74) is 0.279. The predicted molar refractivity (Wildman–Crippen MR) is 199 cm³/mol. The van der Waals surface area contributed by atoms with E-state index in [-0.39, 0.29) is 12.2 Å². The quantitative estimate of drug-likeness (QED) is 0.102. The third-order valence-electron chi connectivity index (χ3n) is 11.3. The monoisotopic (exact) mass is 808 g/mol. The van der Waals surface area contributed by atoms with Gasteiger partial charge in [-0.15, -0.1) is 0 Å². The number of esters is 2. The van der Waals surface area contributed by atoms with Gasteiger partial charge in [-0.2, -0.15) is 0 Å². The number of hydrogen-bond acceptors (Lipinski definition) is 16. The number of epoxide rings is 1. The van der Waals surface area contributed by atoms with E-state index < -0.39 is 122 Å². The fraction of sp³-hybridized carbons (Fsp3) is 0.500. The number of allylic oxidation sites excluding steroid dienone is 1. The highest BCUT2D eigenvalue weighted by Gasteiger charge is 2.77. The molecule has 3 unspecified atom stereocenters. The first-order valence-electron chi connectivity index (χ1n) is 19.2. The molecule has 16 atom stereocenters. The number of carbonyl (C=O) groups excluding carboxylic acids is 3. The maximum absolute atomic E-state index is 13.6. The number of fused-ring (bicyclic) bond motifs is 3. The van der Waals surface area contributed by atoms with Crippen LogP contribution in [0.3, 0.4) is 0 Å². The van der Waals surface area contributed by atoms with Crippen molar-refractivity contribution in [1.29, 1.82) is 0 Å². The molecule has 5 N–H and O–H groups in total. The van der Waals surface area contributed by atoms with Gasteiger partial charge in [0.15, 0.2) is 24.5 Å². The lowest BCUT2D eigenvalue weighted by atomic mass is 9.84. The van der Waals surface area contributed by atoms with Crippen LogP contribution >= 0.6 is 0 Å². The first-order chi connectivity index (χ1) is 27.9. The molecule has 7 rings (SSSR count). The Morgan fingerprint density at radius 3 is 2.09 bits per heavy atom. The van der Waals surface area contributed by atoms with Gasteiger partial charge in [0, 0.05) is 31.3 Å². The van der Waals surface area contributed by atoms with Crippen LogP contribution in [0.2, 0.25) is 0 Å². The zero-order valence-corrected chi connectivity index (χ0v) is 31.7. The molecule has 1 aliphatic carbocycles. The Labute approximate surface area is 334 Å². The zero-order valence-electron chi connectivity index (χ0n) is 31.7. The Kier molecular flexibility index (Phi) is 12.9. The molecular weight excluding hydrogens is 760 g/mol. The maximum atomic E-state index is 13.6. The van der Waals surface area contributed by atoms with Gasteiger partial charge in [-0.25, -0.2) is 4.79 Å². The van der Waals surface area contributed by atoms with Crippen molar-refractivity contribution in [2.45, 2.75) is 99.7 Å². The van der Waals surface area contributed by atoms with Gasteiger partial charge >= 0.3 is 11.9 Å². The molecule has 4 heterocycles. The number of rotatable bonds is 14. The van der Waals surface area contributed by atoms with Crippen molar-refractivity contribution in [1.82, 2.24) is 0 Å². The third kappa shape index (κ3) is 8.67. The van der Waals surface area contributed by atoms with Crippen molar-refractivity contribution in [3.63, 3.8) is 0 Å². The highest BCUT2D eigenvalue weighted by Crippen LogP contribution is 2.61. The lowest BCUT2D eigenvalue weighted by Gasteiger charge is -2.46. The van der Waals surface area contributed by atoms with Gasteiger partial charge in [0.25, 0.3) is 0 Å². The van der Waals surface area contributed by atoms with Crippen molar-refractivity contribution in [3.8, 4) is 0 Å². The zero-order chi connectivity index (χ0) is 41.1. The third-order valence-corrected chi connectivity index (χ3v) is 11.3. The van der Waals surface area contributed by atoms with E-state index in [1.165, 1.54) is 25.3 Å². The summed E-state index contributed by atoms with van der Waals surface area (Å²) in [5.74, 6) is -4.10. The average molecular weight is 809 g/mol. The molecule has 16 nitrogen and oxygen atoms in total. The summed E-state index contributed by atoms with van der Waals surface area (Å²) in [6.45, 7) is 1.67. The number of aliphatic hydroxyl groups is 5. The number of carbonyl (C=O) groups is 3. The molecule has 0 aromatic heterocycles. The van der Waals surface area contributed by atoms with Crippen molar-refractivity contribution in [2.75, 3.05) is 13.2 Å². The number of ketones is 1. The second-order valence-electron chi connectivity index (χ2n) is 15.0. The van der Waals surface area contributed by atoms with E-state index in [2.05, 4.69) is 0 Å². The van der Waals surface area contributed by atoms with E-state index in [0.29, 0.717) is 0 Å². The number of benzene rings is 2. The molecule has 2 aromatic rings. The van der Waals surface area contributed by atoms with Crippen molar-refractivity contribution in [3.05, 3.63) is 96.3 Å². The van der Waals surface area contributed by atoms with Crippen LogP contribution in [0.4, 0.5) is 0 Å². The summed E-state index contributed by atoms with van der Waals surface area (Å²) in [5, 5.41) is 51.7. The second-order valence-corrected chi connectivity index (χ2v) is 15.0. The van der Waals surface area contributed by atoms with Crippen LogP contribution < -0.4 is 0 Å². The summed E-state index contributed by atoms with van der Waals surface area (Å²) in [4.78, 5) is 39.6. The van der Waals surface area contributed by atoms with Crippen LogP contribution in [0.5, 0.6) is 0 Å². The van der Waals surface area contributed by atoms with Crippen LogP contribution in [0, 0.1) is 17.8 Å². The van der Waals surface area contributed by atoms with E-state index in [9.17, 15) is 39.9 Å². The minimum Gasteiger partial charge on any atom is -0.472 e. The molecule has 0 spiro atoms. The first-order valence-corrected chi connectivity index (χ1v) is 19.2. The molecule has 0 amide bonds. The SMILES string of the molecule is CC(=O)O[C@H]1C(O[C@H]2C3C=CO[C@H](O[C@@H]4O[C@H](CO)[C@@H](O)[C@H](O)[C@H]4O)C3[C@@]3(CO)O[C@@H]23)O[C@@H](C)[C@H](OC(=O)/C=C/c2ccccc2)[C@H]1CC(=O)/C=C/c1ccccc1. The van der Waals surface area contributed by atoms with Gasteiger partial charge < -0.3 is 63.4 Å². The lowest BCUT2D eigenvalue weighted by molar-refractivity contribution is -0.346. The molecule has 5 aliphatic rings. The van der Waals surface area contributed by atoms with Crippen molar-refractivity contribution >= 4 is 29.9 Å². The topological polar surface area (TPSA) is 229 Å². The van der Waals surface area contributed by atoms with Gasteiger partial charge in [-0.1, -0.05) is 66.7 Å². The van der Waals surface area contributed by atoms with Crippen molar-refractivity contribution in [2.24, 2.45) is 17.8 Å². The molecule has 1 saturated carbocycles. The fourth-order valence-electron chi connectivity index (χ4n) is 8.38. The largest absolute Gasteiger partial charge is 0.472 e. The fourth-order valence-corrected chi connectivity index (χ4v) is 8.38. The van der Waals surface area contributed by atoms with E-state index in [4.69, 9.17) is 37.9 Å². The van der Waals surface area contributed by atoms with E-state index in [0.717, 1.165) is 11.1 Å². The van der Waals surface area contributed by atoms with Crippen LogP contribution in [0.1, 0.15) is 31.4 Å². The smallest absolute Gasteiger partial charge is 0.331 e. The lowest BCUT2D eigenvalue weighted by Crippen LogP contribution is -2.60.